The van der Waals surface area contributed by atoms with Crippen molar-refractivity contribution < 1.29 is 4.74 Å². The Kier molecular flexibility index (Phi) is 8.88. The van der Waals surface area contributed by atoms with Gasteiger partial charge in [-0.1, -0.05) is 77.6 Å². The fraction of sp³-hybridized carbons (Fsp3) is 1.00. The summed E-state index contributed by atoms with van der Waals surface area (Å²) in [5.74, 6) is 0. The van der Waals surface area contributed by atoms with Crippen molar-refractivity contribution >= 4 is 0 Å². The second-order valence-corrected chi connectivity index (χ2v) is 5.28. The Hall–Kier alpha value is -0.0400. The molecule has 0 aromatic rings. The predicted molar refractivity (Wildman–Crippen MR) is 70.8 cm³/mol. The maximum absolute atomic E-state index is 5.20. The normalized spacial score (nSPS) is 18.9. The monoisotopic (exact) mass is 226 g/mol. The van der Waals surface area contributed by atoms with Crippen LogP contribution in [0.25, 0.3) is 0 Å². The molecule has 0 bridgehead atoms. The van der Waals surface area contributed by atoms with Gasteiger partial charge in [0.05, 0.1) is 12.7 Å². The zero-order chi connectivity index (χ0) is 11.5. The number of rotatable bonds is 12. The Morgan fingerprint density at radius 2 is 1.19 bits per heavy atom. The molecule has 1 fully saturated rings. The van der Waals surface area contributed by atoms with Crippen molar-refractivity contribution in [2.75, 3.05) is 6.61 Å². The standard InChI is InChI=1S/C15H30O/c1-2-3-4-5-6-7-8-9-10-11-12-13-15-14-16-15/h15H,2-14H2,1H3. The molecule has 1 aliphatic rings. The molecular formula is C15H30O. The molecule has 0 saturated carbocycles. The van der Waals surface area contributed by atoms with E-state index in [1.165, 1.54) is 77.0 Å². The van der Waals surface area contributed by atoms with E-state index in [9.17, 15) is 0 Å². The van der Waals surface area contributed by atoms with Crippen molar-refractivity contribution in [2.45, 2.75) is 90.1 Å². The second-order valence-electron chi connectivity index (χ2n) is 5.28. The van der Waals surface area contributed by atoms with Gasteiger partial charge in [-0.15, -0.1) is 0 Å². The fourth-order valence-corrected chi connectivity index (χ4v) is 2.27. The summed E-state index contributed by atoms with van der Waals surface area (Å²) < 4.78 is 5.20. The molecule has 0 aromatic carbocycles. The van der Waals surface area contributed by atoms with Gasteiger partial charge in [-0.25, -0.2) is 0 Å². The van der Waals surface area contributed by atoms with Crippen molar-refractivity contribution in [3.63, 3.8) is 0 Å². The Morgan fingerprint density at radius 1 is 0.750 bits per heavy atom. The lowest BCUT2D eigenvalue weighted by Gasteiger charge is -2.01. The highest BCUT2D eigenvalue weighted by atomic mass is 16.6. The van der Waals surface area contributed by atoms with Gasteiger partial charge in [0.1, 0.15) is 0 Å². The van der Waals surface area contributed by atoms with Crippen LogP contribution in [0.1, 0.15) is 84.0 Å². The predicted octanol–water partition coefficient (Wildman–Crippen LogP) is 5.09. The van der Waals surface area contributed by atoms with Crippen LogP contribution >= 0.6 is 0 Å². The van der Waals surface area contributed by atoms with E-state index in [4.69, 9.17) is 4.74 Å². The highest BCUT2D eigenvalue weighted by Gasteiger charge is 2.20. The van der Waals surface area contributed by atoms with E-state index in [1.807, 2.05) is 0 Å². The minimum atomic E-state index is 0.651. The number of ether oxygens (including phenoxy) is 1. The zero-order valence-electron chi connectivity index (χ0n) is 11.2. The van der Waals surface area contributed by atoms with Crippen LogP contribution in [0.5, 0.6) is 0 Å². The molecule has 1 heteroatoms. The van der Waals surface area contributed by atoms with Crippen LogP contribution in [0.3, 0.4) is 0 Å². The molecule has 1 heterocycles. The smallest absolute Gasteiger partial charge is 0.0810 e. The van der Waals surface area contributed by atoms with Crippen molar-refractivity contribution in [3.8, 4) is 0 Å². The van der Waals surface area contributed by atoms with Gasteiger partial charge in [-0.2, -0.15) is 0 Å². The van der Waals surface area contributed by atoms with Gasteiger partial charge in [0.2, 0.25) is 0 Å². The van der Waals surface area contributed by atoms with E-state index < -0.39 is 0 Å². The highest BCUT2D eigenvalue weighted by molar-refractivity contribution is 4.68. The Labute approximate surface area is 102 Å². The van der Waals surface area contributed by atoms with Crippen LogP contribution in [-0.2, 0) is 4.74 Å². The molecule has 1 aliphatic heterocycles. The third-order valence-electron chi connectivity index (χ3n) is 3.53. The lowest BCUT2D eigenvalue weighted by molar-refractivity contribution is 0.387. The summed E-state index contributed by atoms with van der Waals surface area (Å²) in [7, 11) is 0. The summed E-state index contributed by atoms with van der Waals surface area (Å²) >= 11 is 0. The Balaban J connectivity index is 1.61. The maximum Gasteiger partial charge on any atom is 0.0810 e. The van der Waals surface area contributed by atoms with E-state index in [-0.39, 0.29) is 0 Å². The number of unbranched alkanes of at least 4 members (excludes halogenated alkanes) is 10. The van der Waals surface area contributed by atoms with Gasteiger partial charge in [-0.3, -0.25) is 0 Å². The molecule has 0 radical (unpaired) electrons. The summed E-state index contributed by atoms with van der Waals surface area (Å²) in [4.78, 5) is 0. The van der Waals surface area contributed by atoms with Gasteiger partial charge in [-0.05, 0) is 6.42 Å². The first-order valence-corrected chi connectivity index (χ1v) is 7.55. The minimum Gasteiger partial charge on any atom is -0.373 e. The molecule has 16 heavy (non-hydrogen) atoms. The van der Waals surface area contributed by atoms with Gasteiger partial charge >= 0.3 is 0 Å². The number of hydrogen-bond donors (Lipinski definition) is 0. The van der Waals surface area contributed by atoms with Gasteiger partial charge in [0.15, 0.2) is 0 Å². The van der Waals surface area contributed by atoms with Crippen LogP contribution < -0.4 is 0 Å². The summed E-state index contributed by atoms with van der Waals surface area (Å²) in [6.07, 6.45) is 17.8. The molecule has 0 N–H and O–H groups in total. The van der Waals surface area contributed by atoms with Crippen molar-refractivity contribution in [3.05, 3.63) is 0 Å². The molecule has 0 aliphatic carbocycles. The van der Waals surface area contributed by atoms with Gasteiger partial charge in [0, 0.05) is 0 Å². The van der Waals surface area contributed by atoms with E-state index in [1.54, 1.807) is 0 Å². The van der Waals surface area contributed by atoms with Crippen LogP contribution in [0, 0.1) is 0 Å². The summed E-state index contributed by atoms with van der Waals surface area (Å²) in [5, 5.41) is 0. The first-order chi connectivity index (χ1) is 7.93. The van der Waals surface area contributed by atoms with E-state index in [0.29, 0.717) is 6.10 Å². The molecule has 1 unspecified atom stereocenters. The summed E-state index contributed by atoms with van der Waals surface area (Å²) in [6.45, 7) is 3.32. The van der Waals surface area contributed by atoms with Crippen molar-refractivity contribution in [2.24, 2.45) is 0 Å². The minimum absolute atomic E-state index is 0.651. The van der Waals surface area contributed by atoms with Crippen LogP contribution in [0.4, 0.5) is 0 Å². The first-order valence-electron chi connectivity index (χ1n) is 7.55. The average molecular weight is 226 g/mol. The number of hydrogen-bond acceptors (Lipinski definition) is 1. The van der Waals surface area contributed by atoms with Crippen LogP contribution in [0.15, 0.2) is 0 Å². The molecule has 1 saturated heterocycles. The third kappa shape index (κ3) is 9.21. The van der Waals surface area contributed by atoms with Crippen LogP contribution in [-0.4, -0.2) is 12.7 Å². The SMILES string of the molecule is CCCCCCCCCCCCCC1CO1. The van der Waals surface area contributed by atoms with E-state index >= 15 is 0 Å². The summed E-state index contributed by atoms with van der Waals surface area (Å²) in [6, 6.07) is 0. The maximum atomic E-state index is 5.20. The molecule has 0 aromatic heterocycles. The quantitative estimate of drug-likeness (QED) is 0.334. The topological polar surface area (TPSA) is 12.5 Å². The fourth-order valence-electron chi connectivity index (χ4n) is 2.27. The molecule has 1 rings (SSSR count). The zero-order valence-corrected chi connectivity index (χ0v) is 11.2. The van der Waals surface area contributed by atoms with Crippen LogP contribution in [0.2, 0.25) is 0 Å². The molecule has 0 spiro atoms. The highest BCUT2D eigenvalue weighted by Crippen LogP contribution is 2.18. The number of epoxide rings is 1. The first kappa shape index (κ1) is 14.0. The molecule has 1 atom stereocenters. The second kappa shape index (κ2) is 10.1. The lowest BCUT2D eigenvalue weighted by atomic mass is 10.0. The Morgan fingerprint density at radius 3 is 1.62 bits per heavy atom. The van der Waals surface area contributed by atoms with E-state index in [2.05, 4.69) is 6.92 Å². The lowest BCUT2D eigenvalue weighted by Crippen LogP contribution is -1.86. The molecule has 96 valence electrons. The van der Waals surface area contributed by atoms with Crippen molar-refractivity contribution in [1.29, 1.82) is 0 Å². The summed E-state index contributed by atoms with van der Waals surface area (Å²) in [5.41, 5.74) is 0. The molecule has 1 nitrogen and oxygen atoms in total. The molecular weight excluding hydrogens is 196 g/mol. The Bertz CT molecular complexity index is 140. The van der Waals surface area contributed by atoms with Gasteiger partial charge in [0.25, 0.3) is 0 Å². The van der Waals surface area contributed by atoms with E-state index in [0.717, 1.165) is 6.61 Å². The van der Waals surface area contributed by atoms with Gasteiger partial charge < -0.3 is 4.74 Å². The average Bonchev–Trinajstić information content (AvgIpc) is 3.10. The molecule has 0 amide bonds. The third-order valence-corrected chi connectivity index (χ3v) is 3.53. The van der Waals surface area contributed by atoms with Crippen molar-refractivity contribution in [1.82, 2.24) is 0 Å². The largest absolute Gasteiger partial charge is 0.373 e.